The lowest BCUT2D eigenvalue weighted by Crippen LogP contribution is -2.38. The number of aryl methyl sites for hydroxylation is 1. The molecule has 2 aromatic rings. The zero-order valence-electron chi connectivity index (χ0n) is 13.5. The first-order valence-corrected chi connectivity index (χ1v) is 7.84. The molecule has 128 valence electrons. The number of hydrogen-bond acceptors (Lipinski definition) is 6. The number of nitro groups is 1. The number of aromatic nitrogens is 2. The van der Waals surface area contributed by atoms with Crippen LogP contribution in [0, 0.1) is 10.1 Å². The molecule has 3 rings (SSSR count). The van der Waals surface area contributed by atoms with Gasteiger partial charge in [-0.3, -0.25) is 14.8 Å². The Hall–Kier alpha value is -2.61. The summed E-state index contributed by atoms with van der Waals surface area (Å²) in [5.74, 6) is 0.800. The Morgan fingerprint density at radius 2 is 2.29 bits per heavy atom. The highest BCUT2D eigenvalue weighted by Gasteiger charge is 2.23. The number of β-amino-alcohol motifs (C(OH)–C–C–N with tert-alkyl or cyclic N) is 1. The molecule has 0 radical (unpaired) electrons. The average molecular weight is 332 g/mol. The van der Waals surface area contributed by atoms with Crippen molar-refractivity contribution in [3.05, 3.63) is 46.3 Å². The van der Waals surface area contributed by atoms with E-state index in [9.17, 15) is 15.2 Å². The molecule has 0 spiro atoms. The second-order valence-electron chi connectivity index (χ2n) is 5.85. The number of rotatable bonds is 6. The molecule has 24 heavy (non-hydrogen) atoms. The Morgan fingerprint density at radius 3 is 3.00 bits per heavy atom. The highest BCUT2D eigenvalue weighted by molar-refractivity contribution is 5.65. The molecule has 1 aliphatic heterocycles. The number of fused-ring (bicyclic) bond motifs is 1. The van der Waals surface area contributed by atoms with Gasteiger partial charge in [-0.25, -0.2) is 0 Å². The fourth-order valence-corrected chi connectivity index (χ4v) is 3.12. The van der Waals surface area contributed by atoms with Gasteiger partial charge in [0, 0.05) is 13.1 Å². The van der Waals surface area contributed by atoms with Gasteiger partial charge in [-0.15, -0.1) is 0 Å². The molecule has 0 saturated heterocycles. The van der Waals surface area contributed by atoms with Crippen molar-refractivity contribution in [3.63, 3.8) is 0 Å². The topological polar surface area (TPSA) is 93.7 Å². The number of aliphatic hydroxyl groups excluding tert-OH is 1. The van der Waals surface area contributed by atoms with Crippen LogP contribution in [0.1, 0.15) is 12.0 Å². The maximum atomic E-state index is 10.7. The number of anilines is 1. The Bertz CT molecular complexity index is 716. The van der Waals surface area contributed by atoms with Crippen LogP contribution >= 0.6 is 0 Å². The zero-order valence-corrected chi connectivity index (χ0v) is 13.5. The molecule has 0 aliphatic carbocycles. The predicted octanol–water partition coefficient (Wildman–Crippen LogP) is 1.61. The monoisotopic (exact) mass is 332 g/mol. The SMILES string of the molecule is COc1cccc2c1N(C[C@@H](O)Cn1cc([N+](=O)[O-])cn1)CCC2. The standard InChI is InChI=1S/C16H20N4O4/c1-24-15-6-2-4-12-5-3-7-18(16(12)15)10-14(21)11-19-9-13(8-17-19)20(22)23/h2,4,6,8-9,14,21H,3,5,7,10-11H2,1H3/t14-/m1/s1. The van der Waals surface area contributed by atoms with Gasteiger partial charge in [0.15, 0.2) is 0 Å². The number of benzene rings is 1. The van der Waals surface area contributed by atoms with E-state index in [2.05, 4.69) is 16.1 Å². The van der Waals surface area contributed by atoms with Gasteiger partial charge < -0.3 is 14.7 Å². The van der Waals surface area contributed by atoms with Crippen molar-refractivity contribution in [2.75, 3.05) is 25.1 Å². The van der Waals surface area contributed by atoms with E-state index in [0.717, 1.165) is 30.8 Å². The minimum absolute atomic E-state index is 0.0767. The van der Waals surface area contributed by atoms with Gasteiger partial charge in [-0.05, 0) is 24.5 Å². The van der Waals surface area contributed by atoms with Crippen LogP contribution in [0.2, 0.25) is 0 Å². The van der Waals surface area contributed by atoms with Crippen molar-refractivity contribution in [3.8, 4) is 5.75 Å². The molecule has 8 heteroatoms. The zero-order chi connectivity index (χ0) is 17.1. The Morgan fingerprint density at radius 1 is 1.46 bits per heavy atom. The largest absolute Gasteiger partial charge is 0.495 e. The third kappa shape index (κ3) is 3.33. The predicted molar refractivity (Wildman–Crippen MR) is 88.4 cm³/mol. The van der Waals surface area contributed by atoms with Crippen LogP contribution in [-0.2, 0) is 13.0 Å². The quantitative estimate of drug-likeness (QED) is 0.638. The summed E-state index contributed by atoms with van der Waals surface area (Å²) >= 11 is 0. The van der Waals surface area contributed by atoms with Crippen LogP contribution in [-0.4, -0.2) is 46.1 Å². The molecular weight excluding hydrogens is 312 g/mol. The second-order valence-corrected chi connectivity index (χ2v) is 5.85. The molecule has 0 saturated carbocycles. The summed E-state index contributed by atoms with van der Waals surface area (Å²) in [6.07, 6.45) is 3.82. The fraction of sp³-hybridized carbons (Fsp3) is 0.438. The summed E-state index contributed by atoms with van der Waals surface area (Å²) in [6.45, 7) is 1.46. The molecule has 0 unspecified atom stereocenters. The van der Waals surface area contributed by atoms with Crippen molar-refractivity contribution in [1.82, 2.24) is 9.78 Å². The first kappa shape index (κ1) is 16.3. The highest BCUT2D eigenvalue weighted by atomic mass is 16.6. The average Bonchev–Trinajstić information content (AvgIpc) is 3.03. The number of aliphatic hydroxyl groups is 1. The van der Waals surface area contributed by atoms with Crippen molar-refractivity contribution in [2.24, 2.45) is 0 Å². The second kappa shape index (κ2) is 6.88. The van der Waals surface area contributed by atoms with E-state index in [0.29, 0.717) is 6.54 Å². The van der Waals surface area contributed by atoms with E-state index < -0.39 is 11.0 Å². The fourth-order valence-electron chi connectivity index (χ4n) is 3.12. The van der Waals surface area contributed by atoms with E-state index in [1.807, 2.05) is 12.1 Å². The van der Waals surface area contributed by atoms with Crippen molar-refractivity contribution >= 4 is 11.4 Å². The van der Waals surface area contributed by atoms with E-state index in [-0.39, 0.29) is 12.2 Å². The summed E-state index contributed by atoms with van der Waals surface area (Å²) < 4.78 is 6.86. The lowest BCUT2D eigenvalue weighted by atomic mass is 10.0. The lowest BCUT2D eigenvalue weighted by Gasteiger charge is -2.34. The first-order chi connectivity index (χ1) is 11.6. The van der Waals surface area contributed by atoms with E-state index >= 15 is 0 Å². The highest BCUT2D eigenvalue weighted by Crippen LogP contribution is 2.36. The first-order valence-electron chi connectivity index (χ1n) is 7.84. The minimum atomic E-state index is -0.694. The molecule has 1 aliphatic rings. The third-order valence-corrected chi connectivity index (χ3v) is 4.15. The molecule has 8 nitrogen and oxygen atoms in total. The number of para-hydroxylation sites is 1. The number of ether oxygens (including phenoxy) is 1. The summed E-state index contributed by atoms with van der Waals surface area (Å²) in [7, 11) is 1.64. The molecule has 2 heterocycles. The summed E-state index contributed by atoms with van der Waals surface area (Å²) in [6, 6.07) is 5.97. The van der Waals surface area contributed by atoms with Gasteiger partial charge in [0.05, 0.1) is 30.4 Å². The number of methoxy groups -OCH3 is 1. The molecule has 0 amide bonds. The molecule has 1 atom stereocenters. The van der Waals surface area contributed by atoms with E-state index in [1.165, 1.54) is 22.6 Å². The maximum absolute atomic E-state index is 10.7. The molecule has 1 aromatic carbocycles. The molecular formula is C16H20N4O4. The van der Waals surface area contributed by atoms with Crippen molar-refractivity contribution < 1.29 is 14.8 Å². The van der Waals surface area contributed by atoms with Gasteiger partial charge in [-0.1, -0.05) is 12.1 Å². The lowest BCUT2D eigenvalue weighted by molar-refractivity contribution is -0.385. The number of nitrogens with zero attached hydrogens (tertiary/aromatic N) is 4. The van der Waals surface area contributed by atoms with Crippen molar-refractivity contribution in [1.29, 1.82) is 0 Å². The van der Waals surface area contributed by atoms with Crippen LogP contribution in [0.25, 0.3) is 0 Å². The summed E-state index contributed by atoms with van der Waals surface area (Å²) in [4.78, 5) is 12.3. The minimum Gasteiger partial charge on any atom is -0.495 e. The Kier molecular flexibility index (Phi) is 4.66. The van der Waals surface area contributed by atoms with Crippen LogP contribution in [0.5, 0.6) is 5.75 Å². The summed E-state index contributed by atoms with van der Waals surface area (Å²) in [5.41, 5.74) is 2.16. The van der Waals surface area contributed by atoms with E-state index in [1.54, 1.807) is 7.11 Å². The van der Waals surface area contributed by atoms with Gasteiger partial charge >= 0.3 is 5.69 Å². The van der Waals surface area contributed by atoms with Crippen LogP contribution in [0.15, 0.2) is 30.6 Å². The van der Waals surface area contributed by atoms with Crippen molar-refractivity contribution in [2.45, 2.75) is 25.5 Å². The maximum Gasteiger partial charge on any atom is 0.306 e. The molecule has 1 aromatic heterocycles. The van der Waals surface area contributed by atoms with Crippen LogP contribution < -0.4 is 9.64 Å². The molecule has 0 fully saturated rings. The van der Waals surface area contributed by atoms with E-state index in [4.69, 9.17) is 4.74 Å². The third-order valence-electron chi connectivity index (χ3n) is 4.15. The Labute approximate surface area is 139 Å². The smallest absolute Gasteiger partial charge is 0.306 e. The Balaban J connectivity index is 1.71. The van der Waals surface area contributed by atoms with Crippen LogP contribution in [0.3, 0.4) is 0 Å². The van der Waals surface area contributed by atoms with Gasteiger partial charge in [0.2, 0.25) is 0 Å². The van der Waals surface area contributed by atoms with Gasteiger partial charge in [0.1, 0.15) is 18.1 Å². The van der Waals surface area contributed by atoms with Gasteiger partial charge in [-0.2, -0.15) is 5.10 Å². The normalized spacial score (nSPS) is 15.0. The van der Waals surface area contributed by atoms with Crippen LogP contribution in [0.4, 0.5) is 11.4 Å². The van der Waals surface area contributed by atoms with Gasteiger partial charge in [0.25, 0.3) is 0 Å². The summed E-state index contributed by atoms with van der Waals surface area (Å²) in [5, 5.41) is 25.0. The number of hydrogen-bond donors (Lipinski definition) is 1. The molecule has 1 N–H and O–H groups in total. The molecule has 0 bridgehead atoms.